The SMILES string of the molecule is CCC(C)C(C(=O)OCC(=O)Nc1cc(Cl)ccc1-n1cncn1)N1C(=O)c2ccccc2C1=O. The molecule has 0 fully saturated rings. The zero-order valence-corrected chi connectivity index (χ0v) is 19.7. The van der Waals surface area contributed by atoms with Crippen molar-refractivity contribution in [3.63, 3.8) is 0 Å². The largest absolute Gasteiger partial charge is 0.454 e. The second-order valence-electron chi connectivity index (χ2n) is 8.01. The van der Waals surface area contributed by atoms with Crippen molar-refractivity contribution in [2.24, 2.45) is 5.92 Å². The van der Waals surface area contributed by atoms with Crippen molar-refractivity contribution in [2.75, 3.05) is 11.9 Å². The topological polar surface area (TPSA) is 123 Å². The first-order valence-electron chi connectivity index (χ1n) is 10.9. The van der Waals surface area contributed by atoms with Crippen LogP contribution in [0.25, 0.3) is 5.69 Å². The summed E-state index contributed by atoms with van der Waals surface area (Å²) in [5.41, 5.74) is 1.31. The second-order valence-corrected chi connectivity index (χ2v) is 8.45. The van der Waals surface area contributed by atoms with E-state index in [2.05, 4.69) is 15.4 Å². The van der Waals surface area contributed by atoms with Crippen LogP contribution in [0.5, 0.6) is 0 Å². The van der Waals surface area contributed by atoms with Crippen molar-refractivity contribution in [3.8, 4) is 5.69 Å². The van der Waals surface area contributed by atoms with Crippen LogP contribution in [0, 0.1) is 5.92 Å². The predicted molar refractivity (Wildman–Crippen MR) is 126 cm³/mol. The van der Waals surface area contributed by atoms with Crippen LogP contribution in [0.2, 0.25) is 5.02 Å². The number of carbonyl (C=O) groups is 4. The molecule has 0 radical (unpaired) electrons. The Labute approximate surface area is 205 Å². The van der Waals surface area contributed by atoms with Gasteiger partial charge in [-0.3, -0.25) is 19.3 Å². The first-order chi connectivity index (χ1) is 16.8. The standard InChI is InChI=1S/C24H22ClN5O5/c1-3-14(2)21(30-22(32)16-6-4-5-7-17(16)23(30)33)24(34)35-11-20(31)28-18-10-15(25)8-9-19(18)29-13-26-12-27-29/h4-10,12-14,21H,3,11H2,1-2H3,(H,28,31). The van der Waals surface area contributed by atoms with E-state index in [9.17, 15) is 19.2 Å². The lowest BCUT2D eigenvalue weighted by atomic mass is 9.97. The number of esters is 1. The summed E-state index contributed by atoms with van der Waals surface area (Å²) < 4.78 is 6.71. The Balaban J connectivity index is 1.48. The number of rotatable bonds is 8. The van der Waals surface area contributed by atoms with Crippen LogP contribution in [-0.2, 0) is 14.3 Å². The normalized spacial score (nSPS) is 14.4. The van der Waals surface area contributed by atoms with Crippen molar-refractivity contribution in [1.29, 1.82) is 0 Å². The molecule has 4 rings (SSSR count). The van der Waals surface area contributed by atoms with Gasteiger partial charge in [-0.2, -0.15) is 5.10 Å². The van der Waals surface area contributed by atoms with Crippen molar-refractivity contribution in [3.05, 3.63) is 71.3 Å². The zero-order valence-electron chi connectivity index (χ0n) is 19.0. The van der Waals surface area contributed by atoms with E-state index in [0.717, 1.165) is 4.90 Å². The maximum Gasteiger partial charge on any atom is 0.330 e. The lowest BCUT2D eigenvalue weighted by Crippen LogP contribution is -2.49. The predicted octanol–water partition coefficient (Wildman–Crippen LogP) is 3.11. The van der Waals surface area contributed by atoms with E-state index in [4.69, 9.17) is 16.3 Å². The van der Waals surface area contributed by atoms with Gasteiger partial charge in [-0.1, -0.05) is 44.0 Å². The highest BCUT2D eigenvalue weighted by Gasteiger charge is 2.45. The quantitative estimate of drug-likeness (QED) is 0.376. The summed E-state index contributed by atoms with van der Waals surface area (Å²) in [6, 6.07) is 10.0. The van der Waals surface area contributed by atoms with E-state index < -0.39 is 36.3 Å². The summed E-state index contributed by atoms with van der Waals surface area (Å²) in [7, 11) is 0. The van der Waals surface area contributed by atoms with Gasteiger partial charge in [0.15, 0.2) is 6.61 Å². The summed E-state index contributed by atoms with van der Waals surface area (Å²) in [6.07, 6.45) is 3.30. The van der Waals surface area contributed by atoms with Crippen LogP contribution in [0.15, 0.2) is 55.1 Å². The molecular weight excluding hydrogens is 474 g/mol. The molecule has 1 aromatic heterocycles. The van der Waals surface area contributed by atoms with Crippen LogP contribution >= 0.6 is 11.6 Å². The van der Waals surface area contributed by atoms with Gasteiger partial charge in [0, 0.05) is 5.02 Å². The molecule has 11 heteroatoms. The molecule has 2 unspecified atom stereocenters. The summed E-state index contributed by atoms with van der Waals surface area (Å²) in [5.74, 6) is -2.99. The molecule has 0 saturated heterocycles. The van der Waals surface area contributed by atoms with Crippen molar-refractivity contribution in [1.82, 2.24) is 19.7 Å². The minimum absolute atomic E-state index is 0.234. The third-order valence-electron chi connectivity index (χ3n) is 5.77. The Morgan fingerprint density at radius 2 is 1.80 bits per heavy atom. The maximum absolute atomic E-state index is 13.0. The van der Waals surface area contributed by atoms with E-state index >= 15 is 0 Å². The van der Waals surface area contributed by atoms with Gasteiger partial charge < -0.3 is 10.1 Å². The molecule has 35 heavy (non-hydrogen) atoms. The summed E-state index contributed by atoms with van der Waals surface area (Å²) in [5, 5.41) is 7.06. The first kappa shape index (κ1) is 24.1. The highest BCUT2D eigenvalue weighted by Crippen LogP contribution is 2.29. The van der Waals surface area contributed by atoms with Gasteiger partial charge in [-0.15, -0.1) is 0 Å². The van der Waals surface area contributed by atoms with Gasteiger partial charge in [0.05, 0.1) is 22.5 Å². The summed E-state index contributed by atoms with van der Waals surface area (Å²) >= 11 is 6.07. The lowest BCUT2D eigenvalue weighted by Gasteiger charge is -2.28. The number of anilines is 1. The average molecular weight is 496 g/mol. The van der Waals surface area contributed by atoms with Crippen molar-refractivity contribution >= 4 is 41.0 Å². The first-order valence-corrected chi connectivity index (χ1v) is 11.3. The lowest BCUT2D eigenvalue weighted by molar-refractivity contribution is -0.152. The maximum atomic E-state index is 13.0. The minimum Gasteiger partial charge on any atom is -0.454 e. The number of ether oxygens (including phenoxy) is 1. The highest BCUT2D eigenvalue weighted by atomic mass is 35.5. The molecule has 0 aliphatic carbocycles. The molecule has 0 spiro atoms. The number of fused-ring (bicyclic) bond motifs is 1. The van der Waals surface area contributed by atoms with Gasteiger partial charge in [0.2, 0.25) is 0 Å². The van der Waals surface area contributed by atoms with E-state index in [1.807, 2.05) is 6.92 Å². The fourth-order valence-corrected chi connectivity index (χ4v) is 4.00. The molecule has 0 bridgehead atoms. The zero-order chi connectivity index (χ0) is 25.1. The van der Waals surface area contributed by atoms with Gasteiger partial charge in [-0.05, 0) is 36.2 Å². The number of aromatic nitrogens is 3. The molecule has 2 aromatic carbocycles. The molecule has 3 amide bonds. The van der Waals surface area contributed by atoms with E-state index in [1.165, 1.54) is 23.4 Å². The van der Waals surface area contributed by atoms with Gasteiger partial charge in [0.25, 0.3) is 17.7 Å². The number of hydrogen-bond acceptors (Lipinski definition) is 7. The molecule has 1 aliphatic rings. The summed E-state index contributed by atoms with van der Waals surface area (Å²) in [4.78, 5) is 56.3. The Morgan fingerprint density at radius 1 is 1.11 bits per heavy atom. The van der Waals surface area contributed by atoms with Gasteiger partial charge in [-0.25, -0.2) is 14.5 Å². The molecule has 1 N–H and O–H groups in total. The van der Waals surface area contributed by atoms with Crippen LogP contribution in [0.1, 0.15) is 41.0 Å². The molecule has 2 atom stereocenters. The third kappa shape index (κ3) is 4.78. The van der Waals surface area contributed by atoms with Gasteiger partial charge >= 0.3 is 5.97 Å². The fourth-order valence-electron chi connectivity index (χ4n) is 3.83. The molecule has 2 heterocycles. The average Bonchev–Trinajstić information content (AvgIpc) is 3.46. The van der Waals surface area contributed by atoms with Crippen LogP contribution in [-0.4, -0.2) is 56.0 Å². The molecular formula is C24H22ClN5O5. The molecule has 3 aromatic rings. The molecule has 180 valence electrons. The monoisotopic (exact) mass is 495 g/mol. The highest BCUT2D eigenvalue weighted by molar-refractivity contribution is 6.31. The van der Waals surface area contributed by atoms with Crippen molar-refractivity contribution < 1.29 is 23.9 Å². The second kappa shape index (κ2) is 10.1. The van der Waals surface area contributed by atoms with E-state index in [0.29, 0.717) is 22.8 Å². The van der Waals surface area contributed by atoms with E-state index in [-0.39, 0.29) is 17.0 Å². The number of hydrogen-bond donors (Lipinski definition) is 1. The molecule has 1 aliphatic heterocycles. The fraction of sp³-hybridized carbons (Fsp3) is 0.250. The number of benzene rings is 2. The number of imide groups is 1. The van der Waals surface area contributed by atoms with E-state index in [1.54, 1.807) is 43.3 Å². The number of nitrogens with zero attached hydrogens (tertiary/aromatic N) is 4. The van der Waals surface area contributed by atoms with Crippen molar-refractivity contribution in [2.45, 2.75) is 26.3 Å². The van der Waals surface area contributed by atoms with Crippen LogP contribution < -0.4 is 5.32 Å². The number of carbonyl (C=O) groups excluding carboxylic acids is 4. The number of amides is 3. The number of nitrogens with one attached hydrogen (secondary N) is 1. The molecule has 10 nitrogen and oxygen atoms in total. The summed E-state index contributed by atoms with van der Waals surface area (Å²) in [6.45, 7) is 2.95. The Bertz CT molecular complexity index is 1260. The smallest absolute Gasteiger partial charge is 0.330 e. The minimum atomic E-state index is -1.17. The van der Waals surface area contributed by atoms with Crippen LogP contribution in [0.3, 0.4) is 0 Å². The third-order valence-corrected chi connectivity index (χ3v) is 6.01. The Hall–Kier alpha value is -4.05. The molecule has 0 saturated carbocycles. The number of halogens is 1. The van der Waals surface area contributed by atoms with Gasteiger partial charge in [0.1, 0.15) is 18.7 Å². The Morgan fingerprint density at radius 3 is 2.40 bits per heavy atom. The Kier molecular flexibility index (Phi) is 6.92. The van der Waals surface area contributed by atoms with Crippen LogP contribution in [0.4, 0.5) is 5.69 Å².